The first-order valence-electron chi connectivity index (χ1n) is 4.53. The summed E-state index contributed by atoms with van der Waals surface area (Å²) in [4.78, 5) is 10.4. The lowest BCUT2D eigenvalue weighted by atomic mass is 10.1. The first-order valence-corrected chi connectivity index (χ1v) is 5.32. The maximum absolute atomic E-state index is 10.4. The Labute approximate surface area is 96.2 Å². The lowest BCUT2D eigenvalue weighted by Gasteiger charge is -2.00. The van der Waals surface area contributed by atoms with E-state index in [1.54, 1.807) is 18.8 Å². The molecule has 84 valence electrons. The molecule has 0 bridgehead atoms. The molecule has 0 aliphatic carbocycles. The van der Waals surface area contributed by atoms with E-state index in [0.29, 0.717) is 18.7 Å². The van der Waals surface area contributed by atoms with Crippen molar-refractivity contribution >= 4 is 21.9 Å². The standard InChI is InChI=1S/C9H13BrN2O3/c1-12-8(10)6(9(11-12)15-2)4-3-5-7(13)14/h3-5H2,1-2H3,(H,13,14). The summed E-state index contributed by atoms with van der Waals surface area (Å²) in [5.74, 6) is -0.233. The Hall–Kier alpha value is -1.04. The van der Waals surface area contributed by atoms with Crippen molar-refractivity contribution < 1.29 is 14.6 Å². The highest BCUT2D eigenvalue weighted by Gasteiger charge is 2.14. The van der Waals surface area contributed by atoms with Gasteiger partial charge in [0, 0.05) is 19.0 Å². The van der Waals surface area contributed by atoms with Gasteiger partial charge in [-0.05, 0) is 28.8 Å². The van der Waals surface area contributed by atoms with Gasteiger partial charge in [-0.1, -0.05) is 0 Å². The fourth-order valence-corrected chi connectivity index (χ4v) is 1.76. The van der Waals surface area contributed by atoms with Gasteiger partial charge in [0.2, 0.25) is 5.88 Å². The minimum Gasteiger partial charge on any atom is -0.481 e. The molecule has 1 aromatic rings. The number of aromatic nitrogens is 2. The molecule has 0 amide bonds. The summed E-state index contributed by atoms with van der Waals surface area (Å²) >= 11 is 3.38. The van der Waals surface area contributed by atoms with Crippen molar-refractivity contribution in [1.82, 2.24) is 9.78 Å². The van der Waals surface area contributed by atoms with Crippen molar-refractivity contribution in [3.63, 3.8) is 0 Å². The quantitative estimate of drug-likeness (QED) is 0.887. The Balaban J connectivity index is 2.70. The predicted molar refractivity (Wildman–Crippen MR) is 58.0 cm³/mol. The smallest absolute Gasteiger partial charge is 0.303 e. The van der Waals surface area contributed by atoms with E-state index >= 15 is 0 Å². The third-order valence-electron chi connectivity index (χ3n) is 2.04. The molecule has 0 aliphatic heterocycles. The van der Waals surface area contributed by atoms with Crippen LogP contribution in [0.2, 0.25) is 0 Å². The van der Waals surface area contributed by atoms with Gasteiger partial charge in [0.25, 0.3) is 0 Å². The zero-order valence-corrected chi connectivity index (χ0v) is 10.2. The third-order valence-corrected chi connectivity index (χ3v) is 3.03. The normalized spacial score (nSPS) is 10.3. The summed E-state index contributed by atoms with van der Waals surface area (Å²) < 4.78 is 7.59. The topological polar surface area (TPSA) is 64.4 Å². The van der Waals surface area contributed by atoms with E-state index in [1.807, 2.05) is 0 Å². The molecule has 0 spiro atoms. The fraction of sp³-hybridized carbons (Fsp3) is 0.556. The number of rotatable bonds is 5. The average Bonchev–Trinajstić information content (AvgIpc) is 2.44. The van der Waals surface area contributed by atoms with E-state index < -0.39 is 5.97 Å². The van der Waals surface area contributed by atoms with Crippen LogP contribution in [0.3, 0.4) is 0 Å². The van der Waals surface area contributed by atoms with Crippen LogP contribution in [-0.4, -0.2) is 28.0 Å². The molecule has 0 saturated carbocycles. The molecular formula is C9H13BrN2O3. The molecule has 0 fully saturated rings. The van der Waals surface area contributed by atoms with Crippen LogP contribution in [-0.2, 0) is 18.3 Å². The summed E-state index contributed by atoms with van der Waals surface area (Å²) in [5.41, 5.74) is 0.918. The van der Waals surface area contributed by atoms with Crippen LogP contribution in [0.4, 0.5) is 0 Å². The van der Waals surface area contributed by atoms with Crippen LogP contribution in [0.25, 0.3) is 0 Å². The summed E-state index contributed by atoms with van der Waals surface area (Å²) in [7, 11) is 3.35. The largest absolute Gasteiger partial charge is 0.481 e. The fourth-order valence-electron chi connectivity index (χ4n) is 1.31. The second-order valence-corrected chi connectivity index (χ2v) is 3.90. The van der Waals surface area contributed by atoms with Gasteiger partial charge in [-0.3, -0.25) is 9.48 Å². The molecule has 0 radical (unpaired) electrons. The highest BCUT2D eigenvalue weighted by molar-refractivity contribution is 9.10. The van der Waals surface area contributed by atoms with E-state index in [0.717, 1.165) is 10.2 Å². The lowest BCUT2D eigenvalue weighted by Crippen LogP contribution is -1.97. The number of aryl methyl sites for hydroxylation is 1. The summed E-state index contributed by atoms with van der Waals surface area (Å²) in [6.07, 6.45) is 1.38. The molecule has 1 N–H and O–H groups in total. The lowest BCUT2D eigenvalue weighted by molar-refractivity contribution is -0.137. The van der Waals surface area contributed by atoms with E-state index in [-0.39, 0.29) is 6.42 Å². The predicted octanol–water partition coefficient (Wildman–Crippen LogP) is 1.60. The molecule has 0 aliphatic rings. The minimum atomic E-state index is -0.783. The molecular weight excluding hydrogens is 264 g/mol. The second-order valence-electron chi connectivity index (χ2n) is 3.15. The second kappa shape index (κ2) is 5.16. The number of methoxy groups -OCH3 is 1. The van der Waals surface area contributed by atoms with Gasteiger partial charge < -0.3 is 9.84 Å². The number of aliphatic carboxylic acids is 1. The maximum Gasteiger partial charge on any atom is 0.303 e. The SMILES string of the molecule is COc1nn(C)c(Br)c1CCCC(=O)O. The molecule has 6 heteroatoms. The van der Waals surface area contributed by atoms with Crippen LogP contribution in [0.5, 0.6) is 5.88 Å². The number of ether oxygens (including phenoxy) is 1. The van der Waals surface area contributed by atoms with Crippen LogP contribution in [0.1, 0.15) is 18.4 Å². The van der Waals surface area contributed by atoms with Crippen molar-refractivity contribution in [3.8, 4) is 5.88 Å². The zero-order valence-electron chi connectivity index (χ0n) is 8.66. The van der Waals surface area contributed by atoms with Crippen LogP contribution in [0, 0.1) is 0 Å². The zero-order chi connectivity index (χ0) is 11.4. The number of hydrogen-bond donors (Lipinski definition) is 1. The molecule has 0 unspecified atom stereocenters. The van der Waals surface area contributed by atoms with E-state index in [9.17, 15) is 4.79 Å². The van der Waals surface area contributed by atoms with Crippen molar-refractivity contribution in [2.24, 2.45) is 7.05 Å². The molecule has 1 heterocycles. The maximum atomic E-state index is 10.4. The third kappa shape index (κ3) is 2.95. The number of halogens is 1. The van der Waals surface area contributed by atoms with Gasteiger partial charge in [0.05, 0.1) is 7.11 Å². The van der Waals surface area contributed by atoms with Gasteiger partial charge in [0.15, 0.2) is 0 Å². The van der Waals surface area contributed by atoms with E-state index in [4.69, 9.17) is 9.84 Å². The van der Waals surface area contributed by atoms with Crippen LogP contribution >= 0.6 is 15.9 Å². The molecule has 1 aromatic heterocycles. The number of hydrogen-bond acceptors (Lipinski definition) is 3. The van der Waals surface area contributed by atoms with E-state index in [2.05, 4.69) is 21.0 Å². The number of carboxylic acids is 1. The molecule has 0 saturated heterocycles. The van der Waals surface area contributed by atoms with Crippen LogP contribution in [0.15, 0.2) is 4.60 Å². The molecule has 0 atom stereocenters. The van der Waals surface area contributed by atoms with Crippen LogP contribution < -0.4 is 4.74 Å². The van der Waals surface area contributed by atoms with E-state index in [1.165, 1.54) is 0 Å². The van der Waals surface area contributed by atoms with Crippen molar-refractivity contribution in [3.05, 3.63) is 10.2 Å². The molecule has 5 nitrogen and oxygen atoms in total. The average molecular weight is 277 g/mol. The molecule has 0 aromatic carbocycles. The van der Waals surface area contributed by atoms with Gasteiger partial charge >= 0.3 is 5.97 Å². The van der Waals surface area contributed by atoms with Gasteiger partial charge in [-0.2, -0.15) is 0 Å². The monoisotopic (exact) mass is 276 g/mol. The Kier molecular flexibility index (Phi) is 4.14. The van der Waals surface area contributed by atoms with Crippen molar-refractivity contribution in [2.45, 2.75) is 19.3 Å². The first-order chi connectivity index (χ1) is 7.06. The molecule has 15 heavy (non-hydrogen) atoms. The highest BCUT2D eigenvalue weighted by atomic mass is 79.9. The molecule has 1 rings (SSSR count). The summed E-state index contributed by atoms with van der Waals surface area (Å²) in [6, 6.07) is 0. The highest BCUT2D eigenvalue weighted by Crippen LogP contribution is 2.27. The Morgan fingerprint density at radius 3 is 2.87 bits per heavy atom. The summed E-state index contributed by atoms with van der Waals surface area (Å²) in [5, 5.41) is 12.7. The van der Waals surface area contributed by atoms with Crippen molar-refractivity contribution in [1.29, 1.82) is 0 Å². The minimum absolute atomic E-state index is 0.157. The number of nitrogens with zero attached hydrogens (tertiary/aromatic N) is 2. The number of carboxylic acid groups (broad SMARTS) is 1. The summed E-state index contributed by atoms with van der Waals surface area (Å²) in [6.45, 7) is 0. The van der Waals surface area contributed by atoms with Gasteiger partial charge in [-0.15, -0.1) is 5.10 Å². The Bertz CT molecular complexity index is 362. The van der Waals surface area contributed by atoms with Gasteiger partial charge in [0.1, 0.15) is 4.60 Å². The Morgan fingerprint density at radius 1 is 1.67 bits per heavy atom. The van der Waals surface area contributed by atoms with Crippen molar-refractivity contribution in [2.75, 3.05) is 7.11 Å². The number of carbonyl (C=O) groups is 1. The van der Waals surface area contributed by atoms with Gasteiger partial charge in [-0.25, -0.2) is 0 Å². The first kappa shape index (κ1) is 12.0. The Morgan fingerprint density at radius 2 is 2.33 bits per heavy atom.